The minimum absolute atomic E-state index is 0.261. The number of carboxylic acids is 1. The van der Waals surface area contributed by atoms with E-state index in [1.54, 1.807) is 23.9 Å². The van der Waals surface area contributed by atoms with Gasteiger partial charge in [-0.15, -0.1) is 0 Å². The molecular formula is C16H16N2O5S. The summed E-state index contributed by atoms with van der Waals surface area (Å²) < 4.78 is 0. The predicted molar refractivity (Wildman–Crippen MR) is 86.9 cm³/mol. The molecule has 0 saturated carbocycles. The van der Waals surface area contributed by atoms with Gasteiger partial charge in [0.25, 0.3) is 11.8 Å². The van der Waals surface area contributed by atoms with E-state index >= 15 is 0 Å². The van der Waals surface area contributed by atoms with Gasteiger partial charge >= 0.3 is 5.97 Å². The van der Waals surface area contributed by atoms with Crippen LogP contribution in [-0.2, 0) is 9.59 Å². The van der Waals surface area contributed by atoms with E-state index in [4.69, 9.17) is 0 Å². The van der Waals surface area contributed by atoms with E-state index in [9.17, 15) is 24.3 Å². The Morgan fingerprint density at radius 2 is 1.67 bits per heavy atom. The van der Waals surface area contributed by atoms with Gasteiger partial charge in [-0.1, -0.05) is 12.1 Å². The number of thioether (sulfide) groups is 1. The summed E-state index contributed by atoms with van der Waals surface area (Å²) in [4.78, 5) is 49.2. The number of nitrogens with zero attached hydrogens (tertiary/aromatic N) is 1. The molecule has 2 aliphatic heterocycles. The van der Waals surface area contributed by atoms with Crippen molar-refractivity contribution < 1.29 is 24.3 Å². The van der Waals surface area contributed by atoms with E-state index in [1.165, 1.54) is 12.1 Å². The average Bonchev–Trinajstić information content (AvgIpc) is 2.81. The molecule has 126 valence electrons. The maximum atomic E-state index is 12.3. The number of benzene rings is 1. The molecule has 2 heterocycles. The van der Waals surface area contributed by atoms with Crippen LogP contribution in [0.1, 0.15) is 33.6 Å². The molecule has 0 bridgehead atoms. The van der Waals surface area contributed by atoms with Crippen molar-refractivity contribution >= 4 is 35.5 Å². The Kier molecular flexibility index (Phi) is 4.31. The monoisotopic (exact) mass is 348 g/mol. The van der Waals surface area contributed by atoms with Crippen LogP contribution in [-0.4, -0.2) is 57.3 Å². The number of carbonyl (C=O) groups excluding carboxylic acids is 3. The Bertz CT molecular complexity index is 692. The SMILES string of the molecule is O=C(CN1C(=O)c2ccccc2C1=O)NC1(C(=O)O)CCSCC1. The number of hydrogen-bond donors (Lipinski definition) is 2. The molecule has 0 aromatic heterocycles. The Hall–Kier alpha value is -2.35. The number of aliphatic carboxylic acids is 1. The van der Waals surface area contributed by atoms with E-state index in [1.807, 2.05) is 0 Å². The third-order valence-electron chi connectivity index (χ3n) is 4.31. The van der Waals surface area contributed by atoms with Gasteiger partial charge < -0.3 is 10.4 Å². The highest BCUT2D eigenvalue weighted by Crippen LogP contribution is 2.28. The number of carboxylic acid groups (broad SMARTS) is 1. The zero-order chi connectivity index (χ0) is 17.3. The van der Waals surface area contributed by atoms with Gasteiger partial charge in [0, 0.05) is 0 Å². The molecule has 0 spiro atoms. The van der Waals surface area contributed by atoms with Crippen molar-refractivity contribution in [2.75, 3.05) is 18.1 Å². The zero-order valence-electron chi connectivity index (χ0n) is 12.8. The fourth-order valence-electron chi connectivity index (χ4n) is 2.94. The second kappa shape index (κ2) is 6.27. The fraction of sp³-hybridized carbons (Fsp3) is 0.375. The second-order valence-corrected chi connectivity index (χ2v) is 7.01. The lowest BCUT2D eigenvalue weighted by Crippen LogP contribution is -2.58. The van der Waals surface area contributed by atoms with Crippen LogP contribution in [0.15, 0.2) is 24.3 Å². The first-order chi connectivity index (χ1) is 11.4. The molecule has 24 heavy (non-hydrogen) atoms. The Morgan fingerprint density at radius 3 is 2.17 bits per heavy atom. The molecule has 0 aliphatic carbocycles. The molecule has 1 saturated heterocycles. The summed E-state index contributed by atoms with van der Waals surface area (Å²) in [7, 11) is 0. The van der Waals surface area contributed by atoms with Crippen LogP contribution in [0.2, 0.25) is 0 Å². The van der Waals surface area contributed by atoms with Crippen LogP contribution in [0.5, 0.6) is 0 Å². The van der Waals surface area contributed by atoms with Crippen LogP contribution in [0.25, 0.3) is 0 Å². The molecular weight excluding hydrogens is 332 g/mol. The molecule has 3 rings (SSSR count). The van der Waals surface area contributed by atoms with Crippen LogP contribution < -0.4 is 5.32 Å². The van der Waals surface area contributed by atoms with Crippen molar-refractivity contribution in [2.45, 2.75) is 18.4 Å². The molecule has 0 radical (unpaired) electrons. The highest BCUT2D eigenvalue weighted by atomic mass is 32.2. The highest BCUT2D eigenvalue weighted by molar-refractivity contribution is 7.99. The molecule has 3 amide bonds. The highest BCUT2D eigenvalue weighted by Gasteiger charge is 2.43. The van der Waals surface area contributed by atoms with Crippen LogP contribution in [0.4, 0.5) is 0 Å². The summed E-state index contributed by atoms with van der Waals surface area (Å²) in [6.45, 7) is -0.478. The minimum Gasteiger partial charge on any atom is -0.480 e. The first-order valence-electron chi connectivity index (χ1n) is 7.52. The normalized spacial score (nSPS) is 19.1. The molecule has 1 fully saturated rings. The minimum atomic E-state index is -1.32. The standard InChI is InChI=1S/C16H16N2O5S/c19-12(17-16(15(22)23)5-7-24-8-6-16)9-18-13(20)10-3-1-2-4-11(10)14(18)21/h1-4H,5-9H2,(H,17,19)(H,22,23). The maximum absolute atomic E-state index is 12.3. The number of rotatable bonds is 4. The Labute approximate surface area is 142 Å². The lowest BCUT2D eigenvalue weighted by Gasteiger charge is -2.34. The van der Waals surface area contributed by atoms with Crippen molar-refractivity contribution in [3.63, 3.8) is 0 Å². The first-order valence-corrected chi connectivity index (χ1v) is 8.67. The van der Waals surface area contributed by atoms with Crippen molar-refractivity contribution in [3.8, 4) is 0 Å². The summed E-state index contributed by atoms with van der Waals surface area (Å²) >= 11 is 1.63. The van der Waals surface area contributed by atoms with Crippen molar-refractivity contribution in [2.24, 2.45) is 0 Å². The molecule has 1 aromatic carbocycles. The van der Waals surface area contributed by atoms with E-state index in [-0.39, 0.29) is 11.1 Å². The molecule has 2 N–H and O–H groups in total. The van der Waals surface area contributed by atoms with E-state index < -0.39 is 35.8 Å². The number of carbonyl (C=O) groups is 4. The lowest BCUT2D eigenvalue weighted by atomic mass is 9.92. The number of fused-ring (bicyclic) bond motifs is 1. The summed E-state index contributed by atoms with van der Waals surface area (Å²) in [6.07, 6.45) is 0.641. The van der Waals surface area contributed by atoms with Crippen LogP contribution in [0, 0.1) is 0 Å². The summed E-state index contributed by atoms with van der Waals surface area (Å²) in [5.41, 5.74) is -0.796. The number of amides is 3. The smallest absolute Gasteiger partial charge is 0.329 e. The number of hydrogen-bond acceptors (Lipinski definition) is 5. The second-order valence-electron chi connectivity index (χ2n) is 5.79. The Morgan fingerprint density at radius 1 is 1.12 bits per heavy atom. The largest absolute Gasteiger partial charge is 0.480 e. The molecule has 1 aromatic rings. The third-order valence-corrected chi connectivity index (χ3v) is 5.30. The average molecular weight is 348 g/mol. The Balaban J connectivity index is 1.73. The fourth-order valence-corrected chi connectivity index (χ4v) is 4.13. The zero-order valence-corrected chi connectivity index (χ0v) is 13.6. The van der Waals surface area contributed by atoms with E-state index in [0.717, 1.165) is 4.90 Å². The van der Waals surface area contributed by atoms with Gasteiger partial charge in [0.05, 0.1) is 11.1 Å². The van der Waals surface area contributed by atoms with E-state index in [2.05, 4.69) is 5.32 Å². The van der Waals surface area contributed by atoms with Gasteiger partial charge in [0.15, 0.2) is 0 Å². The van der Waals surface area contributed by atoms with E-state index in [0.29, 0.717) is 24.3 Å². The summed E-state index contributed by atoms with van der Waals surface area (Å²) in [5, 5.41) is 12.0. The van der Waals surface area contributed by atoms with Crippen molar-refractivity contribution in [1.82, 2.24) is 10.2 Å². The van der Waals surface area contributed by atoms with Gasteiger partial charge in [0.2, 0.25) is 5.91 Å². The number of nitrogens with one attached hydrogen (secondary N) is 1. The molecule has 0 unspecified atom stereocenters. The van der Waals surface area contributed by atoms with Crippen LogP contribution >= 0.6 is 11.8 Å². The van der Waals surface area contributed by atoms with Gasteiger partial charge in [0.1, 0.15) is 12.1 Å². The first kappa shape index (κ1) is 16.5. The molecule has 0 atom stereocenters. The van der Waals surface area contributed by atoms with Gasteiger partial charge in [-0.25, -0.2) is 4.79 Å². The van der Waals surface area contributed by atoms with Crippen molar-refractivity contribution in [3.05, 3.63) is 35.4 Å². The maximum Gasteiger partial charge on any atom is 0.329 e. The topological polar surface area (TPSA) is 104 Å². The molecule has 7 nitrogen and oxygen atoms in total. The molecule has 2 aliphatic rings. The lowest BCUT2D eigenvalue weighted by molar-refractivity contribution is -0.148. The molecule has 8 heteroatoms. The number of imide groups is 1. The van der Waals surface area contributed by atoms with Crippen LogP contribution in [0.3, 0.4) is 0 Å². The quantitative estimate of drug-likeness (QED) is 0.778. The van der Waals surface area contributed by atoms with Crippen molar-refractivity contribution in [1.29, 1.82) is 0 Å². The van der Waals surface area contributed by atoms with Gasteiger partial charge in [-0.3, -0.25) is 19.3 Å². The predicted octanol–water partition coefficient (Wildman–Crippen LogP) is 0.749. The summed E-state index contributed by atoms with van der Waals surface area (Å²) in [5.74, 6) is -1.51. The summed E-state index contributed by atoms with van der Waals surface area (Å²) in [6, 6.07) is 6.36. The van der Waals surface area contributed by atoms with Gasteiger partial charge in [-0.2, -0.15) is 11.8 Å². The van der Waals surface area contributed by atoms with Gasteiger partial charge in [-0.05, 0) is 36.5 Å². The third kappa shape index (κ3) is 2.77.